The number of halogens is 3. The number of anilines is 1. The summed E-state index contributed by atoms with van der Waals surface area (Å²) in [6.07, 6.45) is -5.85. The van der Waals surface area contributed by atoms with Crippen molar-refractivity contribution in [1.29, 1.82) is 0 Å². The van der Waals surface area contributed by atoms with E-state index in [4.69, 9.17) is 31.9 Å². The number of phosphoric acid groups is 3. The highest BCUT2D eigenvalue weighted by Gasteiger charge is 2.59. The van der Waals surface area contributed by atoms with Gasteiger partial charge in [-0.2, -0.15) is 13.6 Å². The molecule has 17 nitrogen and oxygen atoms in total. The molecule has 1 aliphatic heterocycles. The zero-order chi connectivity index (χ0) is 27.3. The first-order chi connectivity index (χ1) is 16.4. The molecule has 0 aromatic carbocycles. The molecule has 0 radical (unpaired) electrons. The lowest BCUT2D eigenvalue weighted by atomic mass is 9.97. The van der Waals surface area contributed by atoms with Crippen molar-refractivity contribution in [1.82, 2.24) is 14.5 Å². The van der Waals surface area contributed by atoms with Crippen molar-refractivity contribution in [3.05, 3.63) is 22.4 Å². The molecule has 3 unspecified atom stereocenters. The van der Waals surface area contributed by atoms with Gasteiger partial charge in [-0.3, -0.25) is 18.9 Å². The quantitative estimate of drug-likeness (QED) is 0.155. The van der Waals surface area contributed by atoms with Gasteiger partial charge in [0.2, 0.25) is 11.6 Å². The Morgan fingerprint density at radius 2 is 1.92 bits per heavy atom. The molecule has 200 valence electrons. The van der Waals surface area contributed by atoms with Crippen LogP contribution in [-0.2, 0) is 31.6 Å². The van der Waals surface area contributed by atoms with Crippen LogP contribution in [0.25, 0.3) is 11.0 Å². The van der Waals surface area contributed by atoms with Crippen LogP contribution in [0.5, 0.6) is 0 Å². The number of ether oxygens (including phenoxy) is 1. The van der Waals surface area contributed by atoms with Crippen molar-refractivity contribution in [2.75, 3.05) is 12.3 Å². The number of fused-ring (bicyclic) bond motifs is 1. The molecule has 1 aliphatic rings. The first kappa shape index (κ1) is 28.8. The minimum Gasteiger partial charge on any atom is -0.386 e. The average Bonchev–Trinajstić information content (AvgIpc) is 3.12. The van der Waals surface area contributed by atoms with Gasteiger partial charge in [0.15, 0.2) is 17.7 Å². The Kier molecular flexibility index (Phi) is 7.89. The van der Waals surface area contributed by atoms with E-state index in [0.29, 0.717) is 10.8 Å². The van der Waals surface area contributed by atoms with Crippen LogP contribution in [0.4, 0.5) is 14.7 Å². The number of alkyl halides is 1. The van der Waals surface area contributed by atoms with Gasteiger partial charge in [-0.1, -0.05) is 0 Å². The minimum absolute atomic E-state index is 0.498. The molecule has 3 rings (SSSR count). The van der Waals surface area contributed by atoms with Gasteiger partial charge in [0, 0.05) is 11.6 Å². The lowest BCUT2D eigenvalue weighted by Gasteiger charge is -2.24. The van der Waals surface area contributed by atoms with Gasteiger partial charge in [-0.25, -0.2) is 22.5 Å². The molecule has 1 saturated heterocycles. The Hall–Kier alpha value is -1.74. The van der Waals surface area contributed by atoms with Crippen LogP contribution in [0.15, 0.2) is 11.0 Å². The van der Waals surface area contributed by atoms with Crippen molar-refractivity contribution >= 4 is 52.1 Å². The van der Waals surface area contributed by atoms with Crippen molar-refractivity contribution in [2.45, 2.75) is 24.1 Å². The third-order valence-corrected chi connectivity index (χ3v) is 8.31. The largest absolute Gasteiger partial charge is 0.490 e. The van der Waals surface area contributed by atoms with Gasteiger partial charge in [-0.05, 0) is 17.5 Å². The smallest absolute Gasteiger partial charge is 0.386 e. The van der Waals surface area contributed by atoms with Gasteiger partial charge in [-0.15, -0.1) is 0 Å². The van der Waals surface area contributed by atoms with Crippen LogP contribution in [-0.4, -0.2) is 63.7 Å². The lowest BCUT2D eigenvalue weighted by molar-refractivity contribution is -0.0495. The number of phosphoric ester groups is 1. The number of aliphatic hydroxyl groups excluding tert-OH is 1. The second-order valence-electron chi connectivity index (χ2n) is 6.88. The number of nitrogens with one attached hydrogen (secondary N) is 1. The molecule has 0 saturated carbocycles. The third kappa shape index (κ3) is 6.04. The van der Waals surface area contributed by atoms with Crippen LogP contribution in [0.2, 0.25) is 0 Å². The Bertz CT molecular complexity index is 1450. The molecular weight excluding hydrogens is 587 g/mol. The summed E-state index contributed by atoms with van der Waals surface area (Å²) >= 11 is 5.27. The van der Waals surface area contributed by atoms with Crippen LogP contribution in [0.3, 0.4) is 0 Å². The molecule has 23 heteroatoms. The standard InChI is InChI=1S/C13H14ClF2N4O13P3/c14-2-1-13(16)8(21)6(4-30-35(26,27)33-36(28,29)32-34(23,24)25)31-11(13)20-3-5(15)7-9(20)18-12(17)19-10(7)22/h3,6,8,11,21H,4H2,(H,26,27)(H,28,29)(H2,23,24,25)(H3,17,18,19,22)/t6-,8+,11-,13?/m1/s1. The molecular formula is C13H14ClF2N4O13P3. The van der Waals surface area contributed by atoms with Crippen LogP contribution < -0.4 is 11.3 Å². The molecule has 8 N–H and O–H groups in total. The second kappa shape index (κ2) is 9.86. The molecule has 1 fully saturated rings. The molecule has 36 heavy (non-hydrogen) atoms. The van der Waals surface area contributed by atoms with Crippen molar-refractivity contribution in [3.8, 4) is 11.3 Å². The summed E-state index contributed by atoms with van der Waals surface area (Å²) in [5, 5.41) is 11.4. The highest BCUT2D eigenvalue weighted by atomic mass is 35.5. The number of aromatic amines is 1. The fourth-order valence-corrected chi connectivity index (χ4v) is 6.31. The van der Waals surface area contributed by atoms with E-state index in [1.165, 1.54) is 0 Å². The van der Waals surface area contributed by atoms with E-state index in [9.17, 15) is 37.8 Å². The highest BCUT2D eigenvalue weighted by molar-refractivity contribution is 7.66. The number of aliphatic hydroxyl groups is 1. The molecule has 0 aliphatic carbocycles. The molecule has 0 amide bonds. The van der Waals surface area contributed by atoms with Gasteiger partial charge < -0.3 is 35.2 Å². The van der Waals surface area contributed by atoms with Gasteiger partial charge in [0.25, 0.3) is 5.56 Å². The molecule has 2 aromatic rings. The van der Waals surface area contributed by atoms with Gasteiger partial charge in [0.05, 0.1) is 6.61 Å². The number of H-pyrrole nitrogens is 1. The maximum atomic E-state index is 15.8. The minimum atomic E-state index is -5.86. The van der Waals surface area contributed by atoms with E-state index in [1.807, 2.05) is 4.98 Å². The van der Waals surface area contributed by atoms with E-state index in [2.05, 4.69) is 18.1 Å². The first-order valence-electron chi connectivity index (χ1n) is 8.88. The summed E-state index contributed by atoms with van der Waals surface area (Å²) in [6.45, 7) is -1.28. The summed E-state index contributed by atoms with van der Waals surface area (Å²) in [5.74, 6) is 0.0925. The Morgan fingerprint density at radius 1 is 1.28 bits per heavy atom. The number of aromatic nitrogens is 3. The molecule has 2 aromatic heterocycles. The number of rotatable bonds is 8. The predicted molar refractivity (Wildman–Crippen MR) is 112 cm³/mol. The summed E-state index contributed by atoms with van der Waals surface area (Å²) in [4.78, 5) is 53.5. The number of nitrogen functional groups attached to an aromatic ring is 1. The van der Waals surface area contributed by atoms with E-state index in [0.717, 1.165) is 0 Å². The summed E-state index contributed by atoms with van der Waals surface area (Å²) in [7, 11) is -17.2. The van der Waals surface area contributed by atoms with Crippen LogP contribution in [0.1, 0.15) is 6.23 Å². The second-order valence-corrected chi connectivity index (χ2v) is 11.5. The number of hydrogen-bond acceptors (Lipinski definition) is 11. The summed E-state index contributed by atoms with van der Waals surface area (Å²) in [6, 6.07) is 0. The molecule has 6 atom stereocenters. The number of nitrogens with zero attached hydrogens (tertiary/aromatic N) is 2. The van der Waals surface area contributed by atoms with Crippen molar-refractivity contribution in [3.63, 3.8) is 0 Å². The average molecular weight is 601 g/mol. The van der Waals surface area contributed by atoms with Crippen molar-refractivity contribution in [2.24, 2.45) is 0 Å². The number of hydrogen-bond donors (Lipinski definition) is 7. The zero-order valence-electron chi connectivity index (χ0n) is 17.0. The van der Waals surface area contributed by atoms with Crippen molar-refractivity contribution < 1.29 is 65.0 Å². The summed E-state index contributed by atoms with van der Waals surface area (Å²) in [5.41, 5.74) is 0.664. The fraction of sp³-hybridized carbons (Fsp3) is 0.385. The lowest BCUT2D eigenvalue weighted by Crippen LogP contribution is -2.42. The topological polar surface area (TPSA) is 266 Å². The van der Waals surface area contributed by atoms with Gasteiger partial charge >= 0.3 is 23.5 Å². The van der Waals surface area contributed by atoms with Crippen LogP contribution in [0, 0.1) is 17.1 Å². The maximum absolute atomic E-state index is 15.8. The van der Waals surface area contributed by atoms with Gasteiger partial charge in [0.1, 0.15) is 17.6 Å². The van der Waals surface area contributed by atoms with E-state index < -0.39 is 82.5 Å². The number of nitrogens with two attached hydrogens (primary N) is 1. The SMILES string of the molecule is Nc1nc2c(c(F)cn2[C@@H]2O[C@H](COP(=O)(O)OP(=O)(O)OP(=O)(O)O)[C@H](O)C2(F)C#CCl)c(=O)[nH]1. The maximum Gasteiger partial charge on any atom is 0.490 e. The van der Waals surface area contributed by atoms with E-state index in [-0.39, 0.29) is 0 Å². The molecule has 0 bridgehead atoms. The first-order valence-corrected chi connectivity index (χ1v) is 13.8. The monoisotopic (exact) mass is 600 g/mol. The predicted octanol–water partition coefficient (Wildman–Crippen LogP) is -0.0445. The van der Waals surface area contributed by atoms with Crippen LogP contribution >= 0.6 is 35.1 Å². The molecule has 3 heterocycles. The fourth-order valence-electron chi connectivity index (χ4n) is 3.14. The summed E-state index contributed by atoms with van der Waals surface area (Å²) < 4.78 is 81.5. The molecule has 0 spiro atoms. The zero-order valence-corrected chi connectivity index (χ0v) is 20.4. The Balaban J connectivity index is 1.91. The van der Waals surface area contributed by atoms with E-state index >= 15 is 4.39 Å². The Morgan fingerprint density at radius 3 is 2.50 bits per heavy atom. The van der Waals surface area contributed by atoms with E-state index in [1.54, 1.807) is 11.3 Å². The highest BCUT2D eigenvalue weighted by Crippen LogP contribution is 2.66. The Labute approximate surface area is 202 Å². The normalized spacial score (nSPS) is 27.8. The third-order valence-electron chi connectivity index (χ3n) is 4.41.